The average Bonchev–Trinajstić information content (AvgIpc) is 2.28. The standard InChI is InChI=1S/C11H12N4O/c1-7-10(12)14-6-15-11(7)16-9-4-3-5-13-8(9)2/h3-6H,1-2H3,(H2,12,14,15). The van der Waals surface area contributed by atoms with E-state index >= 15 is 0 Å². The van der Waals surface area contributed by atoms with Crippen LogP contribution in [0.15, 0.2) is 24.7 Å². The van der Waals surface area contributed by atoms with E-state index in [1.54, 1.807) is 6.20 Å². The molecule has 0 aliphatic carbocycles. The molecule has 82 valence electrons. The lowest BCUT2D eigenvalue weighted by Crippen LogP contribution is -2.00. The highest BCUT2D eigenvalue weighted by atomic mass is 16.5. The number of rotatable bonds is 2. The number of ether oxygens (including phenoxy) is 1. The van der Waals surface area contributed by atoms with E-state index in [0.29, 0.717) is 17.4 Å². The van der Waals surface area contributed by atoms with Crippen LogP contribution in [0.25, 0.3) is 0 Å². The first-order chi connectivity index (χ1) is 7.68. The molecule has 2 aromatic rings. The topological polar surface area (TPSA) is 73.9 Å². The molecule has 0 aromatic carbocycles. The molecule has 2 rings (SSSR count). The lowest BCUT2D eigenvalue weighted by molar-refractivity contribution is 0.452. The van der Waals surface area contributed by atoms with E-state index in [2.05, 4.69) is 15.0 Å². The number of nitrogens with two attached hydrogens (primary N) is 1. The third-order valence-corrected chi connectivity index (χ3v) is 2.24. The first-order valence-electron chi connectivity index (χ1n) is 4.85. The van der Waals surface area contributed by atoms with Crippen LogP contribution in [-0.4, -0.2) is 15.0 Å². The van der Waals surface area contributed by atoms with Gasteiger partial charge in [-0.25, -0.2) is 9.97 Å². The van der Waals surface area contributed by atoms with Crippen LogP contribution < -0.4 is 10.5 Å². The van der Waals surface area contributed by atoms with Gasteiger partial charge in [0.25, 0.3) is 0 Å². The van der Waals surface area contributed by atoms with E-state index in [-0.39, 0.29) is 0 Å². The summed E-state index contributed by atoms with van der Waals surface area (Å²) in [5, 5.41) is 0. The molecule has 0 aliphatic heterocycles. The summed E-state index contributed by atoms with van der Waals surface area (Å²) in [4.78, 5) is 12.0. The Labute approximate surface area is 93.3 Å². The monoisotopic (exact) mass is 216 g/mol. The molecule has 0 atom stereocenters. The molecule has 0 aliphatic rings. The molecule has 0 amide bonds. The molecular formula is C11H12N4O. The van der Waals surface area contributed by atoms with Gasteiger partial charge in [0.2, 0.25) is 5.88 Å². The van der Waals surface area contributed by atoms with Gasteiger partial charge in [-0.3, -0.25) is 4.98 Å². The number of aryl methyl sites for hydroxylation is 1. The summed E-state index contributed by atoms with van der Waals surface area (Å²) in [6.45, 7) is 3.69. The minimum atomic E-state index is 0.423. The number of nitrogens with zero attached hydrogens (tertiary/aromatic N) is 3. The minimum Gasteiger partial charge on any atom is -0.437 e. The van der Waals surface area contributed by atoms with Crippen molar-refractivity contribution in [2.75, 3.05) is 5.73 Å². The SMILES string of the molecule is Cc1ncccc1Oc1ncnc(N)c1C. The number of nitrogen functional groups attached to an aromatic ring is 1. The zero-order valence-electron chi connectivity index (χ0n) is 9.14. The van der Waals surface area contributed by atoms with Crippen LogP contribution in [0.4, 0.5) is 5.82 Å². The van der Waals surface area contributed by atoms with Crippen LogP contribution in [0.2, 0.25) is 0 Å². The van der Waals surface area contributed by atoms with Crippen LogP contribution in [-0.2, 0) is 0 Å². The first-order valence-corrected chi connectivity index (χ1v) is 4.85. The summed E-state index contributed by atoms with van der Waals surface area (Å²) in [5.74, 6) is 1.55. The lowest BCUT2D eigenvalue weighted by Gasteiger charge is -2.09. The van der Waals surface area contributed by atoms with Gasteiger partial charge in [0.15, 0.2) is 5.75 Å². The van der Waals surface area contributed by atoms with Crippen molar-refractivity contribution in [3.8, 4) is 11.6 Å². The van der Waals surface area contributed by atoms with Crippen LogP contribution >= 0.6 is 0 Å². The molecule has 0 saturated heterocycles. The van der Waals surface area contributed by atoms with Gasteiger partial charge >= 0.3 is 0 Å². The Balaban J connectivity index is 2.35. The zero-order valence-corrected chi connectivity index (χ0v) is 9.14. The third-order valence-electron chi connectivity index (χ3n) is 2.24. The van der Waals surface area contributed by atoms with Crippen molar-refractivity contribution in [1.82, 2.24) is 15.0 Å². The largest absolute Gasteiger partial charge is 0.437 e. The maximum Gasteiger partial charge on any atom is 0.227 e. The van der Waals surface area contributed by atoms with Crippen molar-refractivity contribution >= 4 is 5.82 Å². The molecule has 0 spiro atoms. The highest BCUT2D eigenvalue weighted by Crippen LogP contribution is 2.25. The fraction of sp³-hybridized carbons (Fsp3) is 0.182. The molecule has 0 unspecified atom stereocenters. The van der Waals surface area contributed by atoms with Gasteiger partial charge in [-0.05, 0) is 26.0 Å². The molecule has 5 nitrogen and oxygen atoms in total. The van der Waals surface area contributed by atoms with E-state index < -0.39 is 0 Å². The Morgan fingerprint density at radius 2 is 2.00 bits per heavy atom. The highest BCUT2D eigenvalue weighted by molar-refractivity contribution is 5.45. The van der Waals surface area contributed by atoms with Crippen LogP contribution in [0, 0.1) is 13.8 Å². The number of hydrogen-bond acceptors (Lipinski definition) is 5. The van der Waals surface area contributed by atoms with E-state index in [4.69, 9.17) is 10.5 Å². The predicted molar refractivity (Wildman–Crippen MR) is 60.2 cm³/mol. The fourth-order valence-corrected chi connectivity index (χ4v) is 1.23. The van der Waals surface area contributed by atoms with Crippen molar-refractivity contribution in [3.05, 3.63) is 35.9 Å². The summed E-state index contributed by atoms with van der Waals surface area (Å²) in [6, 6.07) is 3.64. The van der Waals surface area contributed by atoms with Crippen molar-refractivity contribution in [2.24, 2.45) is 0 Å². The van der Waals surface area contributed by atoms with Gasteiger partial charge < -0.3 is 10.5 Å². The maximum atomic E-state index is 5.67. The summed E-state index contributed by atoms with van der Waals surface area (Å²) in [6.07, 6.45) is 3.09. The van der Waals surface area contributed by atoms with Gasteiger partial charge in [0, 0.05) is 6.20 Å². The van der Waals surface area contributed by atoms with E-state index in [1.165, 1.54) is 6.33 Å². The van der Waals surface area contributed by atoms with E-state index in [9.17, 15) is 0 Å². The zero-order chi connectivity index (χ0) is 11.5. The number of pyridine rings is 1. The molecule has 0 saturated carbocycles. The molecule has 0 bridgehead atoms. The highest BCUT2D eigenvalue weighted by Gasteiger charge is 2.08. The average molecular weight is 216 g/mol. The number of aromatic nitrogens is 3. The van der Waals surface area contributed by atoms with Gasteiger partial charge in [-0.15, -0.1) is 0 Å². The van der Waals surface area contributed by atoms with E-state index in [1.807, 2.05) is 26.0 Å². The van der Waals surface area contributed by atoms with Crippen LogP contribution in [0.5, 0.6) is 11.6 Å². The Bertz CT molecular complexity index is 513. The van der Waals surface area contributed by atoms with Crippen LogP contribution in [0.3, 0.4) is 0 Å². The van der Waals surface area contributed by atoms with Crippen LogP contribution in [0.1, 0.15) is 11.3 Å². The fourth-order valence-electron chi connectivity index (χ4n) is 1.23. The molecule has 16 heavy (non-hydrogen) atoms. The maximum absolute atomic E-state index is 5.67. The molecular weight excluding hydrogens is 204 g/mol. The Morgan fingerprint density at radius 3 is 2.75 bits per heavy atom. The van der Waals surface area contributed by atoms with Crippen molar-refractivity contribution in [1.29, 1.82) is 0 Å². The second kappa shape index (κ2) is 4.14. The van der Waals surface area contributed by atoms with Crippen molar-refractivity contribution in [3.63, 3.8) is 0 Å². The quantitative estimate of drug-likeness (QED) is 0.829. The Morgan fingerprint density at radius 1 is 1.19 bits per heavy atom. The van der Waals surface area contributed by atoms with Gasteiger partial charge in [0.05, 0.1) is 11.3 Å². The minimum absolute atomic E-state index is 0.423. The van der Waals surface area contributed by atoms with Crippen molar-refractivity contribution in [2.45, 2.75) is 13.8 Å². The first kappa shape index (κ1) is 10.4. The second-order valence-electron chi connectivity index (χ2n) is 3.38. The van der Waals surface area contributed by atoms with E-state index in [0.717, 1.165) is 11.3 Å². The summed E-state index contributed by atoms with van der Waals surface area (Å²) in [5.41, 5.74) is 7.20. The van der Waals surface area contributed by atoms with Crippen molar-refractivity contribution < 1.29 is 4.74 Å². The third kappa shape index (κ3) is 1.93. The normalized spacial score (nSPS) is 10.1. The summed E-state index contributed by atoms with van der Waals surface area (Å²) in [7, 11) is 0. The molecule has 2 aromatic heterocycles. The molecule has 2 N–H and O–H groups in total. The number of hydrogen-bond donors (Lipinski definition) is 1. The molecule has 2 heterocycles. The Kier molecular flexibility index (Phi) is 2.68. The van der Waals surface area contributed by atoms with Gasteiger partial charge in [0.1, 0.15) is 12.1 Å². The molecule has 0 radical (unpaired) electrons. The number of anilines is 1. The van der Waals surface area contributed by atoms with Gasteiger partial charge in [-0.1, -0.05) is 0 Å². The lowest BCUT2D eigenvalue weighted by atomic mass is 10.3. The van der Waals surface area contributed by atoms with Gasteiger partial charge in [-0.2, -0.15) is 0 Å². The second-order valence-corrected chi connectivity index (χ2v) is 3.38. The smallest absolute Gasteiger partial charge is 0.227 e. The molecule has 5 heteroatoms. The molecule has 0 fully saturated rings. The summed E-state index contributed by atoms with van der Waals surface area (Å²) >= 11 is 0. The predicted octanol–water partition coefficient (Wildman–Crippen LogP) is 1.86. The Hall–Kier alpha value is -2.17. The summed E-state index contributed by atoms with van der Waals surface area (Å²) < 4.78 is 5.63.